The van der Waals surface area contributed by atoms with Gasteiger partial charge in [-0.15, -0.1) is 0 Å². The van der Waals surface area contributed by atoms with Gasteiger partial charge in [0.15, 0.2) is 0 Å². The van der Waals surface area contributed by atoms with Gasteiger partial charge >= 0.3 is 0 Å². The van der Waals surface area contributed by atoms with Crippen molar-refractivity contribution in [2.45, 2.75) is 20.0 Å². The van der Waals surface area contributed by atoms with E-state index in [1.54, 1.807) is 6.07 Å². The molecule has 0 saturated carbocycles. The first kappa shape index (κ1) is 22.8. The lowest BCUT2D eigenvalue weighted by Gasteiger charge is -2.21. The van der Waals surface area contributed by atoms with Crippen LogP contribution in [-0.4, -0.2) is 21.2 Å². The van der Waals surface area contributed by atoms with Gasteiger partial charge in [-0.3, -0.25) is 4.90 Å². The summed E-state index contributed by atoms with van der Waals surface area (Å²) in [5.41, 5.74) is 6.80. The standard InChI is InChI=1S/C31H28FN3/c1-2-34(22-24-11-5-3-6-12-24)23-27-21-33-35(31(27)29-15-9-10-16-30(29)32)28-19-17-26(18-20-28)25-13-7-4-8-14-25/h3-21H,2,22-23H2,1H3. The average Bonchev–Trinajstić information content (AvgIpc) is 3.33. The Morgan fingerprint density at radius 2 is 1.34 bits per heavy atom. The molecule has 0 aliphatic carbocycles. The van der Waals surface area contributed by atoms with E-state index in [2.05, 4.69) is 60.4 Å². The third-order valence-corrected chi connectivity index (χ3v) is 6.28. The smallest absolute Gasteiger partial charge is 0.132 e. The number of rotatable bonds is 8. The van der Waals surface area contributed by atoms with Crippen LogP contribution in [-0.2, 0) is 13.1 Å². The van der Waals surface area contributed by atoms with Gasteiger partial charge in [0.25, 0.3) is 0 Å². The first-order chi connectivity index (χ1) is 17.2. The van der Waals surface area contributed by atoms with Gasteiger partial charge in [0.1, 0.15) is 5.82 Å². The molecule has 0 spiro atoms. The normalized spacial score (nSPS) is 11.2. The van der Waals surface area contributed by atoms with Crippen molar-refractivity contribution in [1.82, 2.24) is 14.7 Å². The van der Waals surface area contributed by atoms with Gasteiger partial charge in [0, 0.05) is 24.2 Å². The summed E-state index contributed by atoms with van der Waals surface area (Å²) in [6.45, 7) is 4.53. The molecule has 0 saturated heterocycles. The van der Waals surface area contributed by atoms with Crippen LogP contribution in [0.2, 0.25) is 0 Å². The molecular formula is C31H28FN3. The molecule has 0 fully saturated rings. The quantitative estimate of drug-likeness (QED) is 0.241. The summed E-state index contributed by atoms with van der Waals surface area (Å²) in [5, 5.41) is 4.72. The molecule has 0 N–H and O–H groups in total. The molecule has 0 bridgehead atoms. The lowest BCUT2D eigenvalue weighted by Crippen LogP contribution is -2.22. The molecule has 5 rings (SSSR count). The summed E-state index contributed by atoms with van der Waals surface area (Å²) in [6.07, 6.45) is 1.88. The van der Waals surface area contributed by atoms with E-state index in [0.717, 1.165) is 41.2 Å². The van der Waals surface area contributed by atoms with Crippen molar-refractivity contribution in [1.29, 1.82) is 0 Å². The molecular weight excluding hydrogens is 433 g/mol. The zero-order valence-electron chi connectivity index (χ0n) is 19.8. The summed E-state index contributed by atoms with van der Waals surface area (Å²) in [5.74, 6) is -0.248. The third-order valence-electron chi connectivity index (χ3n) is 6.28. The van der Waals surface area contributed by atoms with E-state index < -0.39 is 0 Å². The fourth-order valence-electron chi connectivity index (χ4n) is 4.42. The van der Waals surface area contributed by atoms with Gasteiger partial charge < -0.3 is 0 Å². The lowest BCUT2D eigenvalue weighted by molar-refractivity contribution is 0.272. The van der Waals surface area contributed by atoms with Crippen LogP contribution in [0.1, 0.15) is 18.1 Å². The van der Waals surface area contributed by atoms with Crippen molar-refractivity contribution in [2.75, 3.05) is 6.54 Å². The maximum atomic E-state index is 15.0. The average molecular weight is 462 g/mol. The van der Waals surface area contributed by atoms with E-state index in [0.29, 0.717) is 12.1 Å². The Bertz CT molecular complexity index is 1380. The van der Waals surface area contributed by atoms with Crippen LogP contribution < -0.4 is 0 Å². The van der Waals surface area contributed by atoms with Crippen molar-refractivity contribution in [2.24, 2.45) is 0 Å². The van der Waals surface area contributed by atoms with Crippen molar-refractivity contribution in [3.63, 3.8) is 0 Å². The summed E-state index contributed by atoms with van der Waals surface area (Å²) in [7, 11) is 0. The molecule has 174 valence electrons. The topological polar surface area (TPSA) is 21.1 Å². The Morgan fingerprint density at radius 3 is 2.03 bits per heavy atom. The van der Waals surface area contributed by atoms with Crippen molar-refractivity contribution in [3.05, 3.63) is 132 Å². The second kappa shape index (κ2) is 10.5. The fourth-order valence-corrected chi connectivity index (χ4v) is 4.42. The number of hydrogen-bond donors (Lipinski definition) is 0. The molecule has 5 aromatic rings. The highest BCUT2D eigenvalue weighted by Crippen LogP contribution is 2.31. The van der Waals surface area contributed by atoms with E-state index in [1.165, 1.54) is 11.6 Å². The summed E-state index contributed by atoms with van der Waals surface area (Å²) in [4.78, 5) is 2.35. The highest BCUT2D eigenvalue weighted by molar-refractivity contribution is 5.68. The van der Waals surface area contributed by atoms with Crippen molar-refractivity contribution in [3.8, 4) is 28.1 Å². The number of benzene rings is 4. The number of aromatic nitrogens is 2. The molecule has 1 heterocycles. The molecule has 4 heteroatoms. The molecule has 3 nitrogen and oxygen atoms in total. The second-order valence-electron chi connectivity index (χ2n) is 8.61. The van der Waals surface area contributed by atoms with Crippen LogP contribution in [0.3, 0.4) is 0 Å². The molecule has 4 aromatic carbocycles. The molecule has 1 aromatic heterocycles. The number of nitrogens with zero attached hydrogens (tertiary/aromatic N) is 3. The Morgan fingerprint density at radius 1 is 0.714 bits per heavy atom. The minimum Gasteiger partial charge on any atom is -0.295 e. The van der Waals surface area contributed by atoms with E-state index in [-0.39, 0.29) is 5.82 Å². The van der Waals surface area contributed by atoms with E-state index in [4.69, 9.17) is 5.10 Å². The first-order valence-corrected chi connectivity index (χ1v) is 12.0. The lowest BCUT2D eigenvalue weighted by atomic mass is 10.0. The van der Waals surface area contributed by atoms with Crippen LogP contribution >= 0.6 is 0 Å². The van der Waals surface area contributed by atoms with Crippen LogP contribution in [0.25, 0.3) is 28.1 Å². The Hall–Kier alpha value is -4.02. The molecule has 0 unspecified atom stereocenters. The maximum Gasteiger partial charge on any atom is 0.132 e. The molecule has 0 atom stereocenters. The van der Waals surface area contributed by atoms with Crippen LogP contribution in [0.15, 0.2) is 115 Å². The number of halogens is 1. The fraction of sp³-hybridized carbons (Fsp3) is 0.129. The van der Waals surface area contributed by atoms with Gasteiger partial charge in [0.05, 0.1) is 17.6 Å². The van der Waals surface area contributed by atoms with Crippen LogP contribution in [0.4, 0.5) is 4.39 Å². The maximum absolute atomic E-state index is 15.0. The van der Waals surface area contributed by atoms with Gasteiger partial charge in [-0.1, -0.05) is 91.9 Å². The van der Waals surface area contributed by atoms with Crippen molar-refractivity contribution < 1.29 is 4.39 Å². The Balaban J connectivity index is 1.52. The van der Waals surface area contributed by atoms with E-state index in [9.17, 15) is 0 Å². The summed E-state index contributed by atoms with van der Waals surface area (Å²) >= 11 is 0. The molecule has 0 radical (unpaired) electrons. The van der Waals surface area contributed by atoms with E-state index in [1.807, 2.05) is 59.4 Å². The monoisotopic (exact) mass is 461 g/mol. The van der Waals surface area contributed by atoms with Crippen LogP contribution in [0.5, 0.6) is 0 Å². The minimum atomic E-state index is -0.248. The van der Waals surface area contributed by atoms with Gasteiger partial charge in [0.2, 0.25) is 0 Å². The molecule has 0 amide bonds. The summed E-state index contributed by atoms with van der Waals surface area (Å²) in [6, 6.07) is 35.9. The van der Waals surface area contributed by atoms with Gasteiger partial charge in [-0.2, -0.15) is 5.10 Å². The molecule has 0 aliphatic rings. The highest BCUT2D eigenvalue weighted by Gasteiger charge is 2.19. The highest BCUT2D eigenvalue weighted by atomic mass is 19.1. The number of hydrogen-bond acceptors (Lipinski definition) is 2. The SMILES string of the molecule is CCN(Cc1ccccc1)Cc1cnn(-c2ccc(-c3ccccc3)cc2)c1-c1ccccc1F. The Labute approximate surface area is 206 Å². The van der Waals surface area contributed by atoms with E-state index >= 15 is 4.39 Å². The first-order valence-electron chi connectivity index (χ1n) is 12.0. The van der Waals surface area contributed by atoms with Crippen LogP contribution in [0, 0.1) is 5.82 Å². The Kier molecular flexibility index (Phi) is 6.82. The largest absolute Gasteiger partial charge is 0.295 e. The summed E-state index contributed by atoms with van der Waals surface area (Å²) < 4.78 is 16.9. The predicted molar refractivity (Wildman–Crippen MR) is 141 cm³/mol. The van der Waals surface area contributed by atoms with Gasteiger partial charge in [-0.05, 0) is 47.5 Å². The van der Waals surface area contributed by atoms with Gasteiger partial charge in [-0.25, -0.2) is 9.07 Å². The zero-order chi connectivity index (χ0) is 24.0. The molecule has 0 aliphatic heterocycles. The molecule has 35 heavy (non-hydrogen) atoms. The zero-order valence-corrected chi connectivity index (χ0v) is 19.8. The minimum absolute atomic E-state index is 0.248. The third kappa shape index (κ3) is 5.08. The second-order valence-corrected chi connectivity index (χ2v) is 8.61. The predicted octanol–water partition coefficient (Wildman–Crippen LogP) is 7.37. The van der Waals surface area contributed by atoms with Crippen molar-refractivity contribution >= 4 is 0 Å².